The van der Waals surface area contributed by atoms with Crippen molar-refractivity contribution < 1.29 is 45.4 Å². The van der Waals surface area contributed by atoms with Crippen LogP contribution in [-0.4, -0.2) is 82.6 Å². The average Bonchev–Trinajstić information content (AvgIpc) is 4.39. The molecular weight excluding hydrogens is 1060 g/mol. The molecule has 0 saturated carbocycles. The van der Waals surface area contributed by atoms with Gasteiger partial charge in [0.15, 0.2) is 22.6 Å². The Morgan fingerprint density at radius 3 is 1.59 bits per heavy atom. The summed E-state index contributed by atoms with van der Waals surface area (Å²) in [6, 6.07) is 9.94. The van der Waals surface area contributed by atoms with Gasteiger partial charge in [-0.05, 0) is 74.9 Å². The number of H-pyrrole nitrogens is 1. The van der Waals surface area contributed by atoms with Crippen LogP contribution in [0.5, 0.6) is 0 Å². The number of aromatic nitrogens is 12. The van der Waals surface area contributed by atoms with Gasteiger partial charge in [-0.2, -0.15) is 36.5 Å². The van der Waals surface area contributed by atoms with Crippen LogP contribution in [-0.2, 0) is 65.9 Å². The van der Waals surface area contributed by atoms with Gasteiger partial charge in [0.25, 0.3) is 11.1 Å². The van der Waals surface area contributed by atoms with Gasteiger partial charge in [0.2, 0.25) is 0 Å². The van der Waals surface area contributed by atoms with Gasteiger partial charge in [-0.1, -0.05) is 72.2 Å². The van der Waals surface area contributed by atoms with E-state index in [1.165, 1.54) is 60.7 Å². The zero-order valence-corrected chi connectivity index (χ0v) is 44.8. The van der Waals surface area contributed by atoms with Gasteiger partial charge in [-0.25, -0.2) is 28.9 Å². The summed E-state index contributed by atoms with van der Waals surface area (Å²) >= 11 is 0. The Labute approximate surface area is 455 Å². The van der Waals surface area contributed by atoms with Crippen molar-refractivity contribution >= 4 is 34.4 Å². The third-order valence-corrected chi connectivity index (χ3v) is 12.1. The van der Waals surface area contributed by atoms with Crippen molar-refractivity contribution in [3.05, 3.63) is 137 Å². The van der Waals surface area contributed by atoms with E-state index in [4.69, 9.17) is 4.74 Å². The fraction of sp³-hybridized carbons (Fsp3) is 0.444. The molecule has 6 aromatic heterocycles. The minimum absolute atomic E-state index is 0. The zero-order valence-electron chi connectivity index (χ0n) is 44.8. The Morgan fingerprint density at radius 2 is 1.10 bits per heavy atom. The third-order valence-electron chi connectivity index (χ3n) is 12.1. The van der Waals surface area contributed by atoms with Crippen LogP contribution < -0.4 is 22.5 Å². The fourth-order valence-electron chi connectivity index (χ4n) is 8.26. The fourth-order valence-corrected chi connectivity index (χ4v) is 8.26. The Hall–Kier alpha value is -8.32. The van der Waals surface area contributed by atoms with E-state index in [2.05, 4.69) is 36.8 Å². The number of esters is 1. The molecular formula is C54H66F6N12O8. The van der Waals surface area contributed by atoms with Crippen LogP contribution in [0.25, 0.3) is 45.1 Å². The molecule has 80 heavy (non-hydrogen) atoms. The van der Waals surface area contributed by atoms with Crippen molar-refractivity contribution in [3.63, 3.8) is 0 Å². The number of halogens is 6. The predicted molar refractivity (Wildman–Crippen MR) is 288 cm³/mol. The standard InChI is InChI=1S/C26H29F3N6O4.C21H21F3N6O2.C6H12O2.CH4/c1-4-7-12-39-25(38)35-20-22(33(6-3)24(37)34(11-5-2)23(20)36)31-21(35)18-14-30-32(16-18)15-17-9-8-10-19(13-17)26(27,28)29;1-3-8-30-19(31)16-18(29(4-2)20(30)32)27-17(26-16)14-10-25-28(12-14)11-13-6-5-7-15(9-13)21(22,23)24;1-3-4-5-8-6(2)7;/h8-10,13-14,16H,4-7,11-12,15H2,1-3H3;5-7,9-10,12H,3-4,8,11H2,1-2H3,(H,26,27);3-5H2,1-2H3;1H4. The number of nitrogens with zero attached hydrogens (tertiary/aromatic N) is 11. The molecule has 0 saturated heterocycles. The largest absolute Gasteiger partial charge is 0.466 e. The number of aromatic amines is 1. The van der Waals surface area contributed by atoms with E-state index >= 15 is 0 Å². The molecule has 0 spiro atoms. The first-order chi connectivity index (χ1) is 37.6. The Kier molecular flexibility index (Phi) is 21.5. The minimum atomic E-state index is -4.48. The number of hydrogen-bond acceptors (Lipinski definition) is 12. The Morgan fingerprint density at radius 1 is 0.613 bits per heavy atom. The molecule has 0 bridgehead atoms. The topological polar surface area (TPSA) is 223 Å². The highest BCUT2D eigenvalue weighted by Gasteiger charge is 2.32. The number of alkyl halides is 6. The summed E-state index contributed by atoms with van der Waals surface area (Å²) in [5, 5.41) is 8.44. The van der Waals surface area contributed by atoms with Crippen LogP contribution in [0.3, 0.4) is 0 Å². The first-order valence-corrected chi connectivity index (χ1v) is 25.8. The third kappa shape index (κ3) is 14.7. The van der Waals surface area contributed by atoms with Gasteiger partial charge in [-0.3, -0.25) is 42.0 Å². The van der Waals surface area contributed by atoms with Crippen LogP contribution in [0, 0.1) is 0 Å². The lowest BCUT2D eigenvalue weighted by molar-refractivity contribution is -0.141. The molecule has 0 amide bonds. The molecule has 0 aliphatic heterocycles. The highest BCUT2D eigenvalue weighted by atomic mass is 19.4. The maximum atomic E-state index is 13.4. The smallest absolute Gasteiger partial charge is 0.420 e. The second kappa shape index (κ2) is 27.5. The molecule has 0 aliphatic carbocycles. The molecule has 432 valence electrons. The number of fused-ring (bicyclic) bond motifs is 2. The highest BCUT2D eigenvalue weighted by molar-refractivity contribution is 5.90. The molecule has 6 heterocycles. The van der Waals surface area contributed by atoms with Gasteiger partial charge in [0, 0.05) is 45.5 Å². The van der Waals surface area contributed by atoms with E-state index in [9.17, 15) is 55.1 Å². The predicted octanol–water partition coefficient (Wildman–Crippen LogP) is 9.74. The molecule has 0 fully saturated rings. The normalized spacial score (nSPS) is 11.5. The quantitative estimate of drug-likeness (QED) is 0.0482. The van der Waals surface area contributed by atoms with E-state index in [0.717, 1.165) is 52.7 Å². The van der Waals surface area contributed by atoms with Crippen molar-refractivity contribution in [2.45, 2.75) is 146 Å². The number of rotatable bonds is 18. The number of benzene rings is 2. The minimum Gasteiger partial charge on any atom is -0.466 e. The number of unbranched alkanes of at least 4 members (excludes halogenated alkanes) is 2. The summed E-state index contributed by atoms with van der Waals surface area (Å²) < 4.78 is 97.3. The van der Waals surface area contributed by atoms with Crippen molar-refractivity contribution in [2.75, 3.05) is 13.2 Å². The molecule has 0 atom stereocenters. The second-order valence-electron chi connectivity index (χ2n) is 18.1. The molecule has 8 aromatic rings. The molecule has 20 nitrogen and oxygen atoms in total. The summed E-state index contributed by atoms with van der Waals surface area (Å²) in [6.45, 7) is 14.5. The molecule has 2 aromatic carbocycles. The van der Waals surface area contributed by atoms with E-state index in [-0.39, 0.29) is 74.3 Å². The molecule has 26 heteroatoms. The number of aryl methyl sites for hydroxylation is 2. The highest BCUT2D eigenvalue weighted by Crippen LogP contribution is 2.31. The van der Waals surface area contributed by atoms with Crippen molar-refractivity contribution in [3.8, 4) is 22.8 Å². The van der Waals surface area contributed by atoms with Gasteiger partial charge in [0.05, 0.1) is 61.0 Å². The number of carbonyl (C=O) groups is 2. The number of imidazole rings is 2. The molecule has 0 aliphatic rings. The lowest BCUT2D eigenvalue weighted by atomic mass is 10.1. The van der Waals surface area contributed by atoms with Gasteiger partial charge in [0.1, 0.15) is 11.3 Å². The van der Waals surface area contributed by atoms with Crippen LogP contribution in [0.2, 0.25) is 0 Å². The van der Waals surface area contributed by atoms with E-state index in [0.29, 0.717) is 67.0 Å². The Bertz CT molecular complexity index is 3650. The van der Waals surface area contributed by atoms with Crippen molar-refractivity contribution in [2.24, 2.45) is 0 Å². The van der Waals surface area contributed by atoms with E-state index in [1.54, 1.807) is 32.2 Å². The number of nitrogens with one attached hydrogen (secondary N) is 1. The maximum absolute atomic E-state index is 13.4. The van der Waals surface area contributed by atoms with E-state index < -0.39 is 52.1 Å². The molecule has 0 radical (unpaired) electrons. The molecule has 1 N–H and O–H groups in total. The zero-order chi connectivity index (χ0) is 57.8. The lowest BCUT2D eigenvalue weighted by Gasteiger charge is -2.11. The number of hydrogen-bond donors (Lipinski definition) is 1. The van der Waals surface area contributed by atoms with Crippen LogP contribution in [0.4, 0.5) is 31.1 Å². The van der Waals surface area contributed by atoms with Crippen LogP contribution in [0.1, 0.15) is 117 Å². The van der Waals surface area contributed by atoms with Gasteiger partial charge in [-0.15, -0.1) is 0 Å². The van der Waals surface area contributed by atoms with Gasteiger partial charge < -0.3 is 14.5 Å². The van der Waals surface area contributed by atoms with Crippen LogP contribution in [0.15, 0.2) is 92.5 Å². The first kappa shape index (κ1) is 62.5. The SMILES string of the molecule is C.CCCCOC(=O)n1c(-c2cnn(Cc3cccc(C(F)(F)F)c3)c2)nc2c1c(=O)n(CCC)c(=O)n2CC.CCCCOC(C)=O.CCCn1c(=O)c2[nH]c(-c3cnn(Cc4cccc(C(F)(F)F)c4)c3)nc2n(CC)c1=O. The van der Waals surface area contributed by atoms with E-state index in [1.807, 2.05) is 20.8 Å². The molecule has 8 rings (SSSR count). The lowest BCUT2D eigenvalue weighted by Crippen LogP contribution is -2.40. The number of carbonyl (C=O) groups excluding carboxylic acids is 2. The summed E-state index contributed by atoms with van der Waals surface area (Å²) in [7, 11) is 0. The maximum Gasteiger partial charge on any atom is 0.420 e. The Balaban J connectivity index is 0.000000259. The van der Waals surface area contributed by atoms with Crippen molar-refractivity contribution in [1.29, 1.82) is 0 Å². The number of ether oxygens (including phenoxy) is 2. The molecule has 0 unspecified atom stereocenters. The summed E-state index contributed by atoms with van der Waals surface area (Å²) in [5.74, 6) is 0.205. The monoisotopic (exact) mass is 1120 g/mol. The summed E-state index contributed by atoms with van der Waals surface area (Å²) in [6.07, 6.45) is 0.908. The van der Waals surface area contributed by atoms with Crippen molar-refractivity contribution in [1.82, 2.24) is 57.3 Å². The van der Waals surface area contributed by atoms with Crippen LogP contribution >= 0.6 is 0 Å². The van der Waals surface area contributed by atoms with Gasteiger partial charge >= 0.3 is 35.8 Å². The average molecular weight is 1130 g/mol. The first-order valence-electron chi connectivity index (χ1n) is 25.8. The summed E-state index contributed by atoms with van der Waals surface area (Å²) in [5.41, 5.74) is -1.43. The summed E-state index contributed by atoms with van der Waals surface area (Å²) in [4.78, 5) is 87.2. The second-order valence-corrected chi connectivity index (χ2v) is 18.1.